The third-order valence-electron chi connectivity index (χ3n) is 7.91. The number of rotatable bonds is 8. The molecule has 0 radical (unpaired) electrons. The Morgan fingerprint density at radius 3 is 2.71 bits per heavy atom. The lowest BCUT2D eigenvalue weighted by atomic mass is 9.82. The molecule has 35 heavy (non-hydrogen) atoms. The molecule has 1 aromatic rings. The van der Waals surface area contributed by atoms with Gasteiger partial charge in [-0.25, -0.2) is 0 Å². The summed E-state index contributed by atoms with van der Waals surface area (Å²) in [5, 5.41) is 10.7. The van der Waals surface area contributed by atoms with E-state index in [2.05, 4.69) is 10.3 Å². The molecule has 0 amide bonds. The first-order valence-electron chi connectivity index (χ1n) is 13.2. The molecule has 9 heteroatoms. The molecule has 5 atom stereocenters. The smallest absolute Gasteiger partial charge is 0.308 e. The first kappa shape index (κ1) is 24.4. The van der Waals surface area contributed by atoms with Crippen LogP contribution in [0.4, 0.5) is 0 Å². The van der Waals surface area contributed by atoms with Gasteiger partial charge in [0.05, 0.1) is 37.1 Å². The molecule has 4 aliphatic rings. The van der Waals surface area contributed by atoms with E-state index in [1.807, 2.05) is 24.2 Å². The van der Waals surface area contributed by atoms with Crippen molar-refractivity contribution in [1.29, 1.82) is 0 Å². The van der Waals surface area contributed by atoms with Gasteiger partial charge in [0.1, 0.15) is 17.8 Å². The molecule has 0 bridgehead atoms. The van der Waals surface area contributed by atoms with Crippen LogP contribution in [0, 0.1) is 5.92 Å². The van der Waals surface area contributed by atoms with Crippen LogP contribution in [0.3, 0.4) is 0 Å². The molecule has 1 saturated heterocycles. The topological polar surface area (TPSA) is 94.8 Å². The minimum absolute atomic E-state index is 0.00766. The highest BCUT2D eigenvalue weighted by Crippen LogP contribution is 2.42. The van der Waals surface area contributed by atoms with Gasteiger partial charge in [-0.2, -0.15) is 5.11 Å². The lowest BCUT2D eigenvalue weighted by Gasteiger charge is -2.32. The first-order valence-corrected chi connectivity index (χ1v) is 13.2. The Bertz CT molecular complexity index is 902. The summed E-state index contributed by atoms with van der Waals surface area (Å²) in [4.78, 5) is 17.2. The van der Waals surface area contributed by atoms with Crippen LogP contribution in [0.2, 0.25) is 0 Å². The van der Waals surface area contributed by atoms with Crippen molar-refractivity contribution in [3.05, 3.63) is 23.5 Å². The summed E-state index contributed by atoms with van der Waals surface area (Å²) in [5.41, 5.74) is 1.93. The third-order valence-corrected chi connectivity index (χ3v) is 7.91. The predicted octanol–water partition coefficient (Wildman–Crippen LogP) is 4.73. The number of hydrogen-bond donors (Lipinski definition) is 0. The molecule has 192 valence electrons. The van der Waals surface area contributed by atoms with Crippen LogP contribution >= 0.6 is 0 Å². The van der Waals surface area contributed by atoms with Gasteiger partial charge in [0.2, 0.25) is 0 Å². The second-order valence-corrected chi connectivity index (χ2v) is 10.3. The van der Waals surface area contributed by atoms with Gasteiger partial charge in [0.15, 0.2) is 6.29 Å². The van der Waals surface area contributed by atoms with Crippen LogP contribution < -0.4 is 4.74 Å². The number of carbonyl (C=O) groups is 1. The van der Waals surface area contributed by atoms with E-state index in [4.69, 9.17) is 23.9 Å². The van der Waals surface area contributed by atoms with E-state index in [0.717, 1.165) is 75.1 Å². The van der Waals surface area contributed by atoms with Gasteiger partial charge in [-0.15, -0.1) is 0 Å². The van der Waals surface area contributed by atoms with Gasteiger partial charge in [-0.3, -0.25) is 14.8 Å². The number of esters is 1. The molecule has 3 heterocycles. The maximum absolute atomic E-state index is 12.1. The Balaban J connectivity index is 1.30. The van der Waals surface area contributed by atoms with Crippen molar-refractivity contribution < 1.29 is 23.7 Å². The highest BCUT2D eigenvalue weighted by molar-refractivity contribution is 5.72. The molecular formula is C26H38N4O5. The highest BCUT2D eigenvalue weighted by Gasteiger charge is 2.36. The number of carbonyl (C=O) groups excluding carboxylic acids is 1. The van der Waals surface area contributed by atoms with Crippen LogP contribution in [0.25, 0.3) is 0 Å². The molecule has 0 N–H and O–H groups in total. The molecule has 3 fully saturated rings. The SMILES string of the molecule is COC(=O)[C@H]1CCC[C@H](Oc2ccc(C3N=NN(C)C3COC3CCCCO3)nc2C2CCC2)C1. The molecule has 2 aliphatic heterocycles. The zero-order chi connectivity index (χ0) is 24.2. The van der Waals surface area contributed by atoms with Gasteiger partial charge in [0, 0.05) is 19.6 Å². The van der Waals surface area contributed by atoms with E-state index in [0.29, 0.717) is 18.9 Å². The van der Waals surface area contributed by atoms with Crippen molar-refractivity contribution >= 4 is 5.97 Å². The van der Waals surface area contributed by atoms with Crippen molar-refractivity contribution in [3.63, 3.8) is 0 Å². The lowest BCUT2D eigenvalue weighted by Crippen LogP contribution is -2.36. The molecule has 9 nitrogen and oxygen atoms in total. The Morgan fingerprint density at radius 2 is 1.97 bits per heavy atom. The molecular weight excluding hydrogens is 448 g/mol. The van der Waals surface area contributed by atoms with E-state index in [9.17, 15) is 4.79 Å². The maximum atomic E-state index is 12.1. The summed E-state index contributed by atoms with van der Waals surface area (Å²) < 4.78 is 23.3. The molecule has 0 spiro atoms. The van der Waals surface area contributed by atoms with Gasteiger partial charge in [-0.1, -0.05) is 11.6 Å². The van der Waals surface area contributed by atoms with Gasteiger partial charge >= 0.3 is 5.97 Å². The normalized spacial score (nSPS) is 31.3. The Morgan fingerprint density at radius 1 is 1.11 bits per heavy atom. The molecule has 3 unspecified atom stereocenters. The lowest BCUT2D eigenvalue weighted by molar-refractivity contribution is -0.170. The average molecular weight is 487 g/mol. The fraction of sp³-hybridized carbons (Fsp3) is 0.769. The maximum Gasteiger partial charge on any atom is 0.308 e. The Hall–Kier alpha value is -2.26. The molecule has 2 saturated carbocycles. The molecule has 5 rings (SSSR count). The average Bonchev–Trinajstić information content (AvgIpc) is 3.23. The zero-order valence-electron chi connectivity index (χ0n) is 20.9. The minimum Gasteiger partial charge on any atom is -0.488 e. The monoisotopic (exact) mass is 486 g/mol. The summed E-state index contributed by atoms with van der Waals surface area (Å²) in [6.45, 7) is 1.26. The number of methoxy groups -OCH3 is 1. The zero-order valence-corrected chi connectivity index (χ0v) is 20.9. The number of nitrogens with zero attached hydrogens (tertiary/aromatic N) is 4. The quantitative estimate of drug-likeness (QED) is 0.491. The van der Waals surface area contributed by atoms with Crippen molar-refractivity contribution in [2.45, 2.75) is 94.6 Å². The standard InChI is InChI=1S/C26H38N4O5/c1-30-21(16-34-23-11-3-4-14-33-23)25(28-29-30)20-12-13-22(24(27-20)17-7-5-8-17)35-19-10-6-9-18(15-19)26(31)32-2/h12-13,17-19,21,23,25H,3-11,14-16H2,1-2H3/t18-,19-,21?,23?,25?/m0/s1. The van der Waals surface area contributed by atoms with E-state index < -0.39 is 0 Å². The van der Waals surface area contributed by atoms with Gasteiger partial charge in [0.25, 0.3) is 0 Å². The largest absolute Gasteiger partial charge is 0.488 e. The number of ether oxygens (including phenoxy) is 4. The van der Waals surface area contributed by atoms with Crippen molar-refractivity contribution in [3.8, 4) is 5.75 Å². The molecule has 2 aliphatic carbocycles. The number of likely N-dealkylation sites (N-methyl/N-ethyl adjacent to an activating group) is 1. The predicted molar refractivity (Wildman–Crippen MR) is 128 cm³/mol. The van der Waals surface area contributed by atoms with Crippen molar-refractivity contribution in [2.24, 2.45) is 16.3 Å². The molecule has 0 aromatic carbocycles. The summed E-state index contributed by atoms with van der Waals surface area (Å²) in [7, 11) is 3.40. The number of aromatic nitrogens is 1. The second kappa shape index (κ2) is 11.2. The summed E-state index contributed by atoms with van der Waals surface area (Å²) in [6, 6.07) is 3.86. The number of pyridine rings is 1. The van der Waals surface area contributed by atoms with Gasteiger partial charge < -0.3 is 18.9 Å². The van der Waals surface area contributed by atoms with E-state index >= 15 is 0 Å². The summed E-state index contributed by atoms with van der Waals surface area (Å²) in [6.07, 6.45) is 9.99. The highest BCUT2D eigenvalue weighted by atomic mass is 16.7. The van der Waals surface area contributed by atoms with Gasteiger partial charge in [-0.05, 0) is 69.9 Å². The van der Waals surface area contributed by atoms with Crippen molar-refractivity contribution in [1.82, 2.24) is 9.99 Å². The van der Waals surface area contributed by atoms with Crippen LogP contribution in [-0.2, 0) is 19.0 Å². The molecule has 1 aromatic heterocycles. The number of hydrogen-bond acceptors (Lipinski definition) is 9. The summed E-state index contributed by atoms with van der Waals surface area (Å²) >= 11 is 0. The summed E-state index contributed by atoms with van der Waals surface area (Å²) in [5.74, 6) is 1.04. The van der Waals surface area contributed by atoms with Crippen LogP contribution in [0.1, 0.15) is 87.6 Å². The third kappa shape index (κ3) is 5.61. The fourth-order valence-corrected chi connectivity index (χ4v) is 5.52. The van der Waals surface area contributed by atoms with E-state index in [1.54, 1.807) is 0 Å². The fourth-order valence-electron chi connectivity index (χ4n) is 5.52. The van der Waals surface area contributed by atoms with E-state index in [1.165, 1.54) is 13.5 Å². The first-order chi connectivity index (χ1) is 17.1. The Labute approximate surface area is 207 Å². The van der Waals surface area contributed by atoms with Crippen LogP contribution in [0.5, 0.6) is 5.75 Å². The van der Waals surface area contributed by atoms with Crippen molar-refractivity contribution in [2.75, 3.05) is 27.4 Å². The van der Waals surface area contributed by atoms with E-state index in [-0.39, 0.29) is 36.4 Å². The minimum atomic E-state index is -0.185. The Kier molecular flexibility index (Phi) is 7.82. The van der Waals surface area contributed by atoms with Crippen LogP contribution in [0.15, 0.2) is 22.5 Å². The van der Waals surface area contributed by atoms with Crippen LogP contribution in [-0.4, -0.2) is 61.8 Å². The second-order valence-electron chi connectivity index (χ2n) is 10.3.